The molecule has 1 aromatic carbocycles. The summed E-state index contributed by atoms with van der Waals surface area (Å²) in [4.78, 5) is 0. The van der Waals surface area contributed by atoms with Gasteiger partial charge in [0, 0.05) is 5.56 Å². The van der Waals surface area contributed by atoms with Crippen LogP contribution in [0.3, 0.4) is 0 Å². The molecule has 90 valence electrons. The third-order valence-electron chi connectivity index (χ3n) is 2.98. The molecule has 0 spiro atoms. The van der Waals surface area contributed by atoms with E-state index in [-0.39, 0.29) is 6.04 Å². The molecule has 2 nitrogen and oxygen atoms in total. The predicted molar refractivity (Wildman–Crippen MR) is 73.2 cm³/mol. The normalized spacial score (nSPS) is 12.7. The lowest BCUT2D eigenvalue weighted by Gasteiger charge is -2.18. The van der Waals surface area contributed by atoms with E-state index in [0.29, 0.717) is 0 Å². The van der Waals surface area contributed by atoms with Gasteiger partial charge in [0.15, 0.2) is 4.67 Å². The van der Waals surface area contributed by atoms with Crippen LogP contribution >= 0.6 is 15.9 Å². The molecular weight excluding hydrogens is 278 g/mol. The number of nitrogens with one attached hydrogen (secondary N) is 1. The van der Waals surface area contributed by atoms with Crippen molar-refractivity contribution in [3.63, 3.8) is 0 Å². The van der Waals surface area contributed by atoms with Gasteiger partial charge in [-0.1, -0.05) is 23.8 Å². The van der Waals surface area contributed by atoms with Crippen molar-refractivity contribution in [3.8, 4) is 0 Å². The smallest absolute Gasteiger partial charge is 0.174 e. The summed E-state index contributed by atoms with van der Waals surface area (Å²) in [6.45, 7) is 4.25. The molecular formula is C14H16BrNO. The molecule has 0 saturated carbocycles. The molecule has 0 aliphatic rings. The summed E-state index contributed by atoms with van der Waals surface area (Å²) in [7, 11) is 1.96. The van der Waals surface area contributed by atoms with Gasteiger partial charge in [-0.2, -0.15) is 0 Å². The average Bonchev–Trinajstić information content (AvgIpc) is 2.69. The van der Waals surface area contributed by atoms with Gasteiger partial charge in [-0.05, 0) is 54.0 Å². The number of benzene rings is 1. The van der Waals surface area contributed by atoms with E-state index in [9.17, 15) is 0 Å². The van der Waals surface area contributed by atoms with E-state index in [2.05, 4.69) is 53.3 Å². The Labute approximate surface area is 110 Å². The van der Waals surface area contributed by atoms with Crippen molar-refractivity contribution in [1.29, 1.82) is 0 Å². The van der Waals surface area contributed by atoms with Crippen LogP contribution in [0.1, 0.15) is 28.3 Å². The first-order valence-corrected chi connectivity index (χ1v) is 6.40. The Bertz CT molecular complexity index is 519. The molecule has 0 amide bonds. The van der Waals surface area contributed by atoms with Crippen molar-refractivity contribution < 1.29 is 4.42 Å². The third-order valence-corrected chi connectivity index (χ3v) is 3.63. The van der Waals surface area contributed by atoms with Crippen LogP contribution in [0.2, 0.25) is 0 Å². The minimum Gasteiger partial charge on any atom is -0.457 e. The minimum atomic E-state index is 0.156. The van der Waals surface area contributed by atoms with Crippen LogP contribution in [0.5, 0.6) is 0 Å². The Morgan fingerprint density at radius 1 is 1.18 bits per heavy atom. The van der Waals surface area contributed by atoms with Gasteiger partial charge in [0.2, 0.25) is 0 Å². The maximum atomic E-state index is 5.31. The summed E-state index contributed by atoms with van der Waals surface area (Å²) >= 11 is 3.44. The molecule has 0 aliphatic carbocycles. The lowest BCUT2D eigenvalue weighted by molar-refractivity contribution is 0.530. The van der Waals surface area contributed by atoms with E-state index < -0.39 is 0 Å². The molecule has 3 heteroatoms. The van der Waals surface area contributed by atoms with Crippen LogP contribution < -0.4 is 5.32 Å². The first kappa shape index (κ1) is 12.4. The zero-order valence-electron chi connectivity index (χ0n) is 10.3. The Hall–Kier alpha value is -1.06. The summed E-state index contributed by atoms with van der Waals surface area (Å²) in [6.07, 6.45) is 1.70. The maximum absolute atomic E-state index is 5.31. The first-order valence-electron chi connectivity index (χ1n) is 5.60. The fourth-order valence-electron chi connectivity index (χ4n) is 2.14. The van der Waals surface area contributed by atoms with E-state index in [1.807, 2.05) is 13.1 Å². The van der Waals surface area contributed by atoms with Gasteiger partial charge in [-0.25, -0.2) is 0 Å². The van der Waals surface area contributed by atoms with Crippen LogP contribution in [0.15, 0.2) is 39.6 Å². The van der Waals surface area contributed by atoms with Crippen molar-refractivity contribution in [2.45, 2.75) is 19.9 Å². The second-order valence-corrected chi connectivity index (χ2v) is 4.95. The molecule has 0 aliphatic heterocycles. The fourth-order valence-corrected chi connectivity index (χ4v) is 2.61. The van der Waals surface area contributed by atoms with Crippen LogP contribution in [0.25, 0.3) is 0 Å². The largest absolute Gasteiger partial charge is 0.457 e. The maximum Gasteiger partial charge on any atom is 0.174 e. The van der Waals surface area contributed by atoms with Gasteiger partial charge < -0.3 is 9.73 Å². The molecule has 1 unspecified atom stereocenters. The third kappa shape index (κ3) is 2.45. The van der Waals surface area contributed by atoms with Crippen molar-refractivity contribution in [3.05, 3.63) is 57.5 Å². The highest BCUT2D eigenvalue weighted by molar-refractivity contribution is 9.10. The van der Waals surface area contributed by atoms with Gasteiger partial charge in [0.1, 0.15) is 0 Å². The predicted octanol–water partition coefficient (Wildman–Crippen LogP) is 3.97. The van der Waals surface area contributed by atoms with Gasteiger partial charge in [0.05, 0.1) is 12.3 Å². The summed E-state index contributed by atoms with van der Waals surface area (Å²) in [5.41, 5.74) is 4.98. The molecule has 1 atom stereocenters. The van der Waals surface area contributed by atoms with Crippen molar-refractivity contribution in [1.82, 2.24) is 5.32 Å². The minimum absolute atomic E-state index is 0.156. The lowest BCUT2D eigenvalue weighted by atomic mass is 9.95. The van der Waals surface area contributed by atoms with E-state index in [4.69, 9.17) is 4.42 Å². The zero-order valence-corrected chi connectivity index (χ0v) is 11.8. The number of hydrogen-bond acceptors (Lipinski definition) is 2. The van der Waals surface area contributed by atoms with E-state index in [1.165, 1.54) is 16.7 Å². The first-order chi connectivity index (χ1) is 8.13. The topological polar surface area (TPSA) is 25.2 Å². The average molecular weight is 294 g/mol. The van der Waals surface area contributed by atoms with Gasteiger partial charge in [0.25, 0.3) is 0 Å². The Morgan fingerprint density at radius 2 is 1.94 bits per heavy atom. The van der Waals surface area contributed by atoms with E-state index >= 15 is 0 Å². The summed E-state index contributed by atoms with van der Waals surface area (Å²) in [6, 6.07) is 8.66. The molecule has 0 saturated heterocycles. The van der Waals surface area contributed by atoms with Gasteiger partial charge in [-0.15, -0.1) is 0 Å². The Morgan fingerprint density at radius 3 is 2.47 bits per heavy atom. The summed E-state index contributed by atoms with van der Waals surface area (Å²) < 4.78 is 6.10. The quantitative estimate of drug-likeness (QED) is 0.926. The molecule has 1 heterocycles. The van der Waals surface area contributed by atoms with E-state index in [0.717, 1.165) is 10.2 Å². The van der Waals surface area contributed by atoms with E-state index in [1.54, 1.807) is 6.26 Å². The van der Waals surface area contributed by atoms with Crippen molar-refractivity contribution in [2.24, 2.45) is 0 Å². The Balaban J connectivity index is 2.46. The van der Waals surface area contributed by atoms with Gasteiger partial charge in [-0.3, -0.25) is 0 Å². The molecule has 17 heavy (non-hydrogen) atoms. The van der Waals surface area contributed by atoms with Crippen molar-refractivity contribution in [2.75, 3.05) is 7.05 Å². The van der Waals surface area contributed by atoms with Crippen molar-refractivity contribution >= 4 is 15.9 Å². The number of aryl methyl sites for hydroxylation is 2. The molecule has 1 N–H and O–H groups in total. The highest BCUT2D eigenvalue weighted by atomic mass is 79.9. The van der Waals surface area contributed by atoms with Gasteiger partial charge >= 0.3 is 0 Å². The Kier molecular flexibility index (Phi) is 3.69. The number of furan rings is 1. The second-order valence-electron chi connectivity index (χ2n) is 4.23. The highest BCUT2D eigenvalue weighted by Crippen LogP contribution is 2.31. The summed E-state index contributed by atoms with van der Waals surface area (Å²) in [5.74, 6) is 0. The molecule has 2 rings (SSSR count). The van der Waals surface area contributed by atoms with Crippen LogP contribution in [-0.4, -0.2) is 7.05 Å². The number of rotatable bonds is 3. The number of hydrogen-bond donors (Lipinski definition) is 1. The fraction of sp³-hybridized carbons (Fsp3) is 0.286. The zero-order chi connectivity index (χ0) is 12.4. The van der Waals surface area contributed by atoms with Crippen LogP contribution in [-0.2, 0) is 0 Å². The molecule has 0 bridgehead atoms. The van der Waals surface area contributed by atoms with Crippen LogP contribution in [0, 0.1) is 13.8 Å². The summed E-state index contributed by atoms with van der Waals surface area (Å²) in [5, 5.41) is 3.33. The monoisotopic (exact) mass is 293 g/mol. The second kappa shape index (κ2) is 5.07. The highest BCUT2D eigenvalue weighted by Gasteiger charge is 2.18. The molecule has 0 fully saturated rings. The molecule has 0 radical (unpaired) electrons. The molecule has 1 aromatic heterocycles. The standard InChI is InChI=1S/C14H16BrNO/c1-9-4-5-11(10(2)8-9)13(16-3)12-6-7-17-14(12)15/h4-8,13,16H,1-3H3. The number of halogens is 1. The molecule has 2 aromatic rings. The lowest BCUT2D eigenvalue weighted by Crippen LogP contribution is -2.18. The van der Waals surface area contributed by atoms with Crippen LogP contribution in [0.4, 0.5) is 0 Å². The SMILES string of the molecule is CNC(c1ccc(C)cc1C)c1ccoc1Br.